The minimum absolute atomic E-state index is 0.138. The largest absolute Gasteiger partial charge is 0.423 e. The molecule has 1 aromatic carbocycles. The third-order valence-electron chi connectivity index (χ3n) is 6.29. The molecule has 3 aliphatic heterocycles. The number of carbonyl (C=O) groups is 2. The number of anilines is 2. The quantitative estimate of drug-likeness (QED) is 0.631. The summed E-state index contributed by atoms with van der Waals surface area (Å²) >= 11 is 0. The van der Waals surface area contributed by atoms with Gasteiger partial charge < -0.3 is 19.7 Å². The van der Waals surface area contributed by atoms with Gasteiger partial charge in [0.2, 0.25) is 5.91 Å². The average molecular weight is 390 g/mol. The van der Waals surface area contributed by atoms with Crippen molar-refractivity contribution < 1.29 is 23.9 Å². The highest BCUT2D eigenvalue weighted by Gasteiger charge is 2.50. The number of ether oxygens (including phenoxy) is 1. The normalized spacial score (nSPS) is 28.7. The Hall–Kier alpha value is -2.84. The summed E-state index contributed by atoms with van der Waals surface area (Å²) < 4.78 is 20.1. The van der Waals surface area contributed by atoms with Crippen LogP contribution in [0.4, 0.5) is 20.6 Å². The zero-order valence-corrected chi connectivity index (χ0v) is 16.0. The van der Waals surface area contributed by atoms with E-state index >= 15 is 0 Å². The van der Waals surface area contributed by atoms with Crippen molar-refractivity contribution in [2.45, 2.75) is 20.1 Å². The molecule has 1 aliphatic carbocycles. The van der Waals surface area contributed by atoms with Crippen LogP contribution in [0.25, 0.3) is 0 Å². The summed E-state index contributed by atoms with van der Waals surface area (Å²) in [5, 5.41) is 12.5. The Morgan fingerprint density at radius 3 is 2.57 bits per heavy atom. The summed E-state index contributed by atoms with van der Waals surface area (Å²) in [4.78, 5) is 28.3. The molecule has 1 N–H and O–H groups in total. The van der Waals surface area contributed by atoms with Crippen LogP contribution in [0.5, 0.6) is 0 Å². The summed E-state index contributed by atoms with van der Waals surface area (Å²) in [6.45, 7) is 4.86. The van der Waals surface area contributed by atoms with Gasteiger partial charge in [0, 0.05) is 38.9 Å². The lowest BCUT2D eigenvalue weighted by Gasteiger charge is -2.53. The van der Waals surface area contributed by atoms with Crippen LogP contribution in [-0.2, 0) is 9.53 Å². The number of likely N-dealkylation sites (N-methyl/N-ethyl adjacent to an activating group) is 1. The predicted molar refractivity (Wildman–Crippen MR) is 100 cm³/mol. The second kappa shape index (κ2) is 6.65. The molecule has 0 aromatic heterocycles. The van der Waals surface area contributed by atoms with Gasteiger partial charge in [0.05, 0.1) is 23.6 Å². The standard InChI is InChI=1S/C19H23FN4O4/c1-10-13-7-23(8-14(10)18(13)21-27)16-5-4-12(6-15(16)20)24-9-17(28-19(24)26)22(3)11(2)25/h4-6,10,13-14,17,27H,7-9H2,1-3H3. The van der Waals surface area contributed by atoms with E-state index in [1.807, 2.05) is 4.90 Å². The van der Waals surface area contributed by atoms with E-state index < -0.39 is 18.1 Å². The molecule has 150 valence electrons. The van der Waals surface area contributed by atoms with E-state index in [-0.39, 0.29) is 24.3 Å². The van der Waals surface area contributed by atoms with Crippen LogP contribution < -0.4 is 9.80 Å². The summed E-state index contributed by atoms with van der Waals surface area (Å²) in [5.41, 5.74) is 1.66. The topological polar surface area (TPSA) is 85.7 Å². The molecule has 8 nitrogen and oxygen atoms in total. The lowest BCUT2D eigenvalue weighted by atomic mass is 9.60. The van der Waals surface area contributed by atoms with Crippen molar-refractivity contribution in [2.24, 2.45) is 22.9 Å². The molecule has 3 heterocycles. The van der Waals surface area contributed by atoms with Gasteiger partial charge in [-0.2, -0.15) is 0 Å². The molecule has 4 aliphatic rings. The van der Waals surface area contributed by atoms with Crippen LogP contribution in [0.2, 0.25) is 0 Å². The Morgan fingerprint density at radius 1 is 1.32 bits per heavy atom. The van der Waals surface area contributed by atoms with Gasteiger partial charge >= 0.3 is 6.09 Å². The first-order valence-corrected chi connectivity index (χ1v) is 9.29. The van der Waals surface area contributed by atoms with Gasteiger partial charge in [-0.25, -0.2) is 9.18 Å². The fourth-order valence-corrected chi connectivity index (χ4v) is 4.37. The first kappa shape index (κ1) is 18.5. The van der Waals surface area contributed by atoms with Crippen molar-refractivity contribution in [3.63, 3.8) is 0 Å². The molecule has 2 amide bonds. The van der Waals surface area contributed by atoms with E-state index in [1.54, 1.807) is 19.2 Å². The Morgan fingerprint density at radius 2 is 2.00 bits per heavy atom. The maximum Gasteiger partial charge on any atom is 0.416 e. The fourth-order valence-electron chi connectivity index (χ4n) is 4.37. The number of amides is 2. The minimum Gasteiger partial charge on any atom is -0.423 e. The maximum atomic E-state index is 14.9. The van der Waals surface area contributed by atoms with Gasteiger partial charge in [-0.15, -0.1) is 0 Å². The van der Waals surface area contributed by atoms with Crippen LogP contribution in [0.3, 0.4) is 0 Å². The Kier molecular flexibility index (Phi) is 4.40. The smallest absolute Gasteiger partial charge is 0.416 e. The number of benzene rings is 1. The molecule has 1 aromatic rings. The van der Waals surface area contributed by atoms with Crippen molar-refractivity contribution in [1.29, 1.82) is 0 Å². The van der Waals surface area contributed by atoms with E-state index in [1.165, 1.54) is 22.8 Å². The minimum atomic E-state index is -0.695. The number of rotatable bonds is 3. The lowest BCUT2D eigenvalue weighted by molar-refractivity contribution is -0.134. The number of oxime groups is 1. The number of halogens is 1. The summed E-state index contributed by atoms with van der Waals surface area (Å²) in [7, 11) is 1.56. The van der Waals surface area contributed by atoms with Gasteiger partial charge in [0.1, 0.15) is 5.82 Å². The van der Waals surface area contributed by atoms with Gasteiger partial charge in [0.15, 0.2) is 6.23 Å². The number of fused-ring (bicyclic) bond motifs is 2. The number of nitrogens with zero attached hydrogens (tertiary/aromatic N) is 4. The third kappa shape index (κ3) is 2.76. The fraction of sp³-hybridized carbons (Fsp3) is 0.526. The van der Waals surface area contributed by atoms with Crippen LogP contribution in [-0.4, -0.2) is 60.7 Å². The highest BCUT2D eigenvalue weighted by atomic mass is 19.1. The SMILES string of the molecule is CC(=O)N(C)C1CN(c2ccc(N3CC4C(=NO)C(C3)C4C)c(F)c2)C(=O)O1. The Balaban J connectivity index is 1.50. The molecule has 3 saturated heterocycles. The Bertz CT molecular complexity index is 844. The predicted octanol–water partition coefficient (Wildman–Crippen LogP) is 2.12. The molecule has 9 heteroatoms. The van der Waals surface area contributed by atoms with Gasteiger partial charge in [0.25, 0.3) is 0 Å². The van der Waals surface area contributed by atoms with Crippen LogP contribution in [0.15, 0.2) is 23.4 Å². The summed E-state index contributed by atoms with van der Waals surface area (Å²) in [5.74, 6) is 0.0625. The van der Waals surface area contributed by atoms with Crippen molar-refractivity contribution in [3.8, 4) is 0 Å². The highest BCUT2D eigenvalue weighted by molar-refractivity contribution is 5.97. The van der Waals surface area contributed by atoms with Gasteiger partial charge in [-0.05, 0) is 24.1 Å². The van der Waals surface area contributed by atoms with Crippen molar-refractivity contribution in [2.75, 3.05) is 36.5 Å². The molecular formula is C19H23FN4O4. The van der Waals surface area contributed by atoms with E-state index in [2.05, 4.69) is 12.1 Å². The molecule has 5 rings (SSSR count). The van der Waals surface area contributed by atoms with E-state index in [0.717, 1.165) is 5.71 Å². The second-order valence-corrected chi connectivity index (χ2v) is 7.72. The van der Waals surface area contributed by atoms with E-state index in [9.17, 15) is 14.0 Å². The average Bonchev–Trinajstić information content (AvgIpc) is 3.07. The van der Waals surface area contributed by atoms with Gasteiger partial charge in [-0.3, -0.25) is 9.69 Å². The van der Waals surface area contributed by atoms with Crippen molar-refractivity contribution in [1.82, 2.24) is 4.90 Å². The number of hydrogen-bond donors (Lipinski definition) is 1. The summed E-state index contributed by atoms with van der Waals surface area (Å²) in [6.07, 6.45) is -1.30. The first-order valence-electron chi connectivity index (χ1n) is 9.29. The molecule has 2 bridgehead atoms. The maximum absolute atomic E-state index is 14.9. The van der Waals surface area contributed by atoms with E-state index in [4.69, 9.17) is 9.94 Å². The van der Waals surface area contributed by atoms with Gasteiger partial charge in [-0.1, -0.05) is 12.1 Å². The molecule has 28 heavy (non-hydrogen) atoms. The molecule has 3 atom stereocenters. The van der Waals surface area contributed by atoms with Crippen molar-refractivity contribution >= 4 is 29.1 Å². The third-order valence-corrected chi connectivity index (χ3v) is 6.29. The Labute approximate surface area is 162 Å². The van der Waals surface area contributed by atoms with Crippen LogP contribution >= 0.6 is 0 Å². The first-order chi connectivity index (χ1) is 13.3. The number of piperidine rings is 2. The van der Waals surface area contributed by atoms with Crippen LogP contribution in [0, 0.1) is 23.6 Å². The van der Waals surface area contributed by atoms with Crippen molar-refractivity contribution in [3.05, 3.63) is 24.0 Å². The number of cyclic esters (lactones) is 1. The molecule has 4 fully saturated rings. The monoisotopic (exact) mass is 390 g/mol. The van der Waals surface area contributed by atoms with Crippen LogP contribution in [0.1, 0.15) is 13.8 Å². The zero-order valence-electron chi connectivity index (χ0n) is 16.0. The molecular weight excluding hydrogens is 367 g/mol. The molecule has 0 spiro atoms. The highest BCUT2D eigenvalue weighted by Crippen LogP contribution is 2.44. The van der Waals surface area contributed by atoms with E-state index in [0.29, 0.717) is 30.4 Å². The number of carbonyl (C=O) groups excluding carboxylic acids is 2. The molecule has 0 radical (unpaired) electrons. The number of hydrogen-bond acceptors (Lipinski definition) is 6. The lowest BCUT2D eigenvalue weighted by Crippen LogP contribution is -2.61. The molecule has 3 unspecified atom stereocenters. The molecule has 1 saturated carbocycles. The summed E-state index contributed by atoms with van der Waals surface area (Å²) in [6, 6.07) is 4.66. The zero-order chi connectivity index (χ0) is 20.2. The second-order valence-electron chi connectivity index (χ2n) is 7.72.